The van der Waals surface area contributed by atoms with Gasteiger partial charge in [0, 0.05) is 33.4 Å². The van der Waals surface area contributed by atoms with Crippen molar-refractivity contribution in [2.75, 3.05) is 0 Å². The van der Waals surface area contributed by atoms with Gasteiger partial charge in [-0.2, -0.15) is 0 Å². The molecular formula is C20H12Cl4N4S2. The van der Waals surface area contributed by atoms with Crippen LogP contribution in [0, 0.1) is 0 Å². The minimum absolute atomic E-state index is 0.0535. The van der Waals surface area contributed by atoms with Crippen molar-refractivity contribution in [1.82, 2.24) is 19.9 Å². The second-order valence-corrected chi connectivity index (χ2v) is 10.3. The highest BCUT2D eigenvalue weighted by atomic mass is 35.5. The van der Waals surface area contributed by atoms with Crippen LogP contribution in [-0.4, -0.2) is 19.9 Å². The van der Waals surface area contributed by atoms with Gasteiger partial charge < -0.3 is 0 Å². The van der Waals surface area contributed by atoms with Gasteiger partial charge in [0.1, 0.15) is 10.3 Å². The highest BCUT2D eigenvalue weighted by Gasteiger charge is 2.55. The zero-order valence-electron chi connectivity index (χ0n) is 15.0. The summed E-state index contributed by atoms with van der Waals surface area (Å²) >= 11 is 28.2. The summed E-state index contributed by atoms with van der Waals surface area (Å²) < 4.78 is 0. The first kappa shape index (κ1) is 20.6. The van der Waals surface area contributed by atoms with Gasteiger partial charge in [-0.25, -0.2) is 19.9 Å². The lowest BCUT2D eigenvalue weighted by molar-refractivity contribution is 0.226. The molecule has 0 amide bonds. The van der Waals surface area contributed by atoms with Gasteiger partial charge in [-0.15, -0.1) is 22.7 Å². The minimum Gasteiger partial charge on any atom is -0.223 e. The summed E-state index contributed by atoms with van der Waals surface area (Å²) in [5, 5.41) is 5.09. The second-order valence-electron chi connectivity index (χ2n) is 6.90. The van der Waals surface area contributed by atoms with Crippen molar-refractivity contribution in [3.8, 4) is 0 Å². The first-order valence-electron chi connectivity index (χ1n) is 8.98. The van der Waals surface area contributed by atoms with Crippen molar-refractivity contribution in [2.45, 2.75) is 23.7 Å². The van der Waals surface area contributed by atoms with Crippen LogP contribution in [-0.2, 0) is 0 Å². The Bertz CT molecular complexity index is 1040. The predicted molar refractivity (Wildman–Crippen MR) is 124 cm³/mol. The fourth-order valence-electron chi connectivity index (χ4n) is 4.31. The SMILES string of the molecule is Clc1cc([C@H]2[C@H](c3cccs3)[C@H](c3cc(Cl)nc(Cl)n3)[C@H]2c2cccs2)nc(Cl)n1. The van der Waals surface area contributed by atoms with Gasteiger partial charge in [0.05, 0.1) is 11.4 Å². The summed E-state index contributed by atoms with van der Waals surface area (Å²) in [5.74, 6) is 0.331. The third-order valence-electron chi connectivity index (χ3n) is 5.35. The normalized spacial score (nSPS) is 23.3. The Kier molecular flexibility index (Phi) is 5.73. The average Bonchev–Trinajstić information content (AvgIpc) is 3.33. The number of aromatic nitrogens is 4. The van der Waals surface area contributed by atoms with E-state index in [2.05, 4.69) is 42.8 Å². The molecule has 10 heteroatoms. The van der Waals surface area contributed by atoms with Gasteiger partial charge in [-0.1, -0.05) is 35.3 Å². The molecule has 1 saturated carbocycles. The van der Waals surface area contributed by atoms with E-state index in [-0.39, 0.29) is 34.2 Å². The van der Waals surface area contributed by atoms with Crippen LogP contribution < -0.4 is 0 Å². The summed E-state index contributed by atoms with van der Waals surface area (Å²) in [6.07, 6.45) is 0. The fourth-order valence-corrected chi connectivity index (χ4v) is 7.00. The van der Waals surface area contributed by atoms with Crippen LogP contribution in [0.4, 0.5) is 0 Å². The van der Waals surface area contributed by atoms with E-state index in [0.29, 0.717) is 10.3 Å². The molecule has 0 spiro atoms. The van der Waals surface area contributed by atoms with Crippen molar-refractivity contribution in [1.29, 1.82) is 0 Å². The summed E-state index contributed by atoms with van der Waals surface area (Å²) in [6, 6.07) is 12.0. The van der Waals surface area contributed by atoms with Gasteiger partial charge in [0.15, 0.2) is 0 Å². The number of halogens is 4. The molecule has 4 nitrogen and oxygen atoms in total. The quantitative estimate of drug-likeness (QED) is 0.210. The van der Waals surface area contributed by atoms with E-state index in [1.165, 1.54) is 9.75 Å². The smallest absolute Gasteiger partial charge is 0.223 e. The molecule has 1 aliphatic carbocycles. The first-order valence-corrected chi connectivity index (χ1v) is 12.2. The summed E-state index contributed by atoms with van der Waals surface area (Å²) in [7, 11) is 0. The van der Waals surface area contributed by atoms with Crippen molar-refractivity contribution in [3.63, 3.8) is 0 Å². The van der Waals surface area contributed by atoms with Crippen molar-refractivity contribution in [2.24, 2.45) is 0 Å². The summed E-state index contributed by atoms with van der Waals surface area (Å²) in [5.41, 5.74) is 1.64. The van der Waals surface area contributed by atoms with Crippen molar-refractivity contribution < 1.29 is 0 Å². The molecule has 152 valence electrons. The van der Waals surface area contributed by atoms with E-state index in [0.717, 1.165) is 11.4 Å². The van der Waals surface area contributed by atoms with Gasteiger partial charge in [-0.3, -0.25) is 0 Å². The van der Waals surface area contributed by atoms with E-state index in [4.69, 9.17) is 46.4 Å². The number of nitrogens with zero attached hydrogens (tertiary/aromatic N) is 4. The molecule has 1 aliphatic rings. The molecule has 5 rings (SSSR count). The maximum Gasteiger partial charge on any atom is 0.224 e. The number of hydrogen-bond acceptors (Lipinski definition) is 6. The van der Waals surface area contributed by atoms with E-state index in [1.54, 1.807) is 34.8 Å². The Morgan fingerprint density at radius 3 is 1.37 bits per heavy atom. The molecule has 4 aromatic rings. The number of hydrogen-bond donors (Lipinski definition) is 0. The molecule has 0 N–H and O–H groups in total. The standard InChI is InChI=1S/C20H12Cl4N4S2/c21-13-7-9(25-19(23)27-13)15-17(11-3-1-5-29-11)16(18(15)12-4-2-6-30-12)10-8-14(22)28-20(24)26-10/h1-8,15-18H/t15-,16-,17-,18-. The highest BCUT2D eigenvalue weighted by Crippen LogP contribution is 2.67. The largest absolute Gasteiger partial charge is 0.224 e. The number of rotatable bonds is 4. The lowest BCUT2D eigenvalue weighted by Gasteiger charge is -2.51. The molecule has 30 heavy (non-hydrogen) atoms. The molecule has 4 aromatic heterocycles. The monoisotopic (exact) mass is 512 g/mol. The third-order valence-corrected chi connectivity index (χ3v) is 8.02. The van der Waals surface area contributed by atoms with E-state index >= 15 is 0 Å². The van der Waals surface area contributed by atoms with Crippen LogP contribution >= 0.6 is 69.1 Å². The van der Waals surface area contributed by atoms with Crippen molar-refractivity contribution in [3.05, 3.63) is 89.2 Å². The second kappa shape index (κ2) is 8.34. The van der Waals surface area contributed by atoms with Crippen molar-refractivity contribution >= 4 is 69.1 Å². The highest BCUT2D eigenvalue weighted by molar-refractivity contribution is 7.10. The molecule has 1 fully saturated rings. The van der Waals surface area contributed by atoms with E-state index < -0.39 is 0 Å². The van der Waals surface area contributed by atoms with Crippen LogP contribution in [0.1, 0.15) is 44.8 Å². The Morgan fingerprint density at radius 2 is 1.03 bits per heavy atom. The Morgan fingerprint density at radius 1 is 0.600 bits per heavy atom. The topological polar surface area (TPSA) is 51.6 Å². The fraction of sp³-hybridized carbons (Fsp3) is 0.200. The average molecular weight is 514 g/mol. The molecule has 0 bridgehead atoms. The van der Waals surface area contributed by atoms with Crippen LogP contribution in [0.25, 0.3) is 0 Å². The minimum atomic E-state index is 0.0535. The van der Waals surface area contributed by atoms with E-state index in [1.807, 2.05) is 12.1 Å². The third kappa shape index (κ3) is 3.74. The molecule has 0 aromatic carbocycles. The van der Waals surface area contributed by atoms with Gasteiger partial charge in [0.25, 0.3) is 0 Å². The molecule has 4 heterocycles. The molecule has 0 saturated heterocycles. The molecule has 0 atom stereocenters. The van der Waals surface area contributed by atoms with E-state index in [9.17, 15) is 0 Å². The van der Waals surface area contributed by atoms with Gasteiger partial charge in [-0.05, 0) is 58.2 Å². The molecular weight excluding hydrogens is 502 g/mol. The number of thiophene rings is 2. The lowest BCUT2D eigenvalue weighted by Crippen LogP contribution is -2.40. The van der Waals surface area contributed by atoms with Gasteiger partial charge in [0.2, 0.25) is 10.6 Å². The molecule has 0 aliphatic heterocycles. The van der Waals surface area contributed by atoms with Crippen LogP contribution in [0.3, 0.4) is 0 Å². The summed E-state index contributed by atoms with van der Waals surface area (Å²) in [6.45, 7) is 0. The lowest BCUT2D eigenvalue weighted by atomic mass is 9.53. The molecule has 0 unspecified atom stereocenters. The van der Waals surface area contributed by atoms with Gasteiger partial charge >= 0.3 is 0 Å². The zero-order chi connectivity index (χ0) is 20.8. The molecule has 0 radical (unpaired) electrons. The Labute approximate surface area is 200 Å². The maximum absolute atomic E-state index is 6.23. The predicted octanol–water partition coefficient (Wildman–Crippen LogP) is 7.45. The van der Waals surface area contributed by atoms with Crippen LogP contribution in [0.2, 0.25) is 20.9 Å². The van der Waals surface area contributed by atoms with Crippen LogP contribution in [0.15, 0.2) is 47.2 Å². The van der Waals surface area contributed by atoms with Crippen LogP contribution in [0.5, 0.6) is 0 Å². The zero-order valence-corrected chi connectivity index (χ0v) is 19.7. The Hall–Kier alpha value is -1.28. The Balaban J connectivity index is 1.70. The summed E-state index contributed by atoms with van der Waals surface area (Å²) in [4.78, 5) is 19.6. The first-order chi connectivity index (χ1) is 14.5. The maximum atomic E-state index is 6.23.